The molecule has 132 valence electrons. The average Bonchev–Trinajstić information content (AvgIpc) is 3.16. The predicted molar refractivity (Wildman–Crippen MR) is 102 cm³/mol. The van der Waals surface area contributed by atoms with E-state index in [9.17, 15) is 4.79 Å². The molecule has 1 aliphatic rings. The average molecular weight is 364 g/mol. The smallest absolute Gasteiger partial charge is 0.266 e. The lowest BCUT2D eigenvalue weighted by Gasteiger charge is -2.33. The van der Waals surface area contributed by atoms with Crippen LogP contribution in [-0.4, -0.2) is 11.4 Å². The lowest BCUT2D eigenvalue weighted by Crippen LogP contribution is -2.48. The molecule has 4 nitrogen and oxygen atoms in total. The van der Waals surface area contributed by atoms with Gasteiger partial charge in [-0.25, -0.2) is 0 Å². The molecule has 1 saturated carbocycles. The molecule has 26 heavy (non-hydrogen) atoms. The second-order valence-corrected chi connectivity index (χ2v) is 7.37. The molecule has 1 amide bonds. The number of thiophene rings is 1. The standard InChI is InChI=1S/C21H20N2O2S/c1-2-21(11-4-3-5-12-21)23-20(24)19-18(10-13-26-19)25-15-17-8-6-16(14-22)7-9-17/h1,6-10,13H,3-5,11-12,15H2,(H,23,24). The van der Waals surface area contributed by atoms with Crippen LogP contribution in [0.4, 0.5) is 0 Å². The van der Waals surface area contributed by atoms with E-state index in [0.29, 0.717) is 22.8 Å². The maximum atomic E-state index is 12.7. The maximum Gasteiger partial charge on any atom is 0.266 e. The van der Waals surface area contributed by atoms with Gasteiger partial charge in [0.2, 0.25) is 0 Å². The molecule has 0 saturated heterocycles. The number of carbonyl (C=O) groups excluding carboxylic acids is 1. The number of nitriles is 1. The highest BCUT2D eigenvalue weighted by molar-refractivity contribution is 7.12. The van der Waals surface area contributed by atoms with Gasteiger partial charge < -0.3 is 10.1 Å². The fourth-order valence-corrected chi connectivity index (χ4v) is 3.88. The van der Waals surface area contributed by atoms with E-state index in [4.69, 9.17) is 16.4 Å². The molecule has 1 N–H and O–H groups in total. The second kappa shape index (κ2) is 8.08. The number of amides is 1. The van der Waals surface area contributed by atoms with E-state index < -0.39 is 5.54 Å². The van der Waals surface area contributed by atoms with Gasteiger partial charge in [0.15, 0.2) is 0 Å². The summed E-state index contributed by atoms with van der Waals surface area (Å²) in [5.74, 6) is 3.19. The van der Waals surface area contributed by atoms with Gasteiger partial charge in [-0.2, -0.15) is 5.26 Å². The largest absolute Gasteiger partial charge is 0.487 e. The molecule has 1 heterocycles. The van der Waals surface area contributed by atoms with Crippen molar-refractivity contribution in [3.8, 4) is 24.2 Å². The highest BCUT2D eigenvalue weighted by Crippen LogP contribution is 2.30. The molecule has 0 radical (unpaired) electrons. The van der Waals surface area contributed by atoms with Gasteiger partial charge in [-0.05, 0) is 42.0 Å². The molecule has 0 bridgehead atoms. The van der Waals surface area contributed by atoms with Crippen LogP contribution in [0.25, 0.3) is 0 Å². The SMILES string of the molecule is C#CC1(NC(=O)c2sccc2OCc2ccc(C#N)cc2)CCCCC1. The Morgan fingerprint density at radius 2 is 1.96 bits per heavy atom. The third-order valence-electron chi connectivity index (χ3n) is 4.65. The summed E-state index contributed by atoms with van der Waals surface area (Å²) in [6.07, 6.45) is 10.6. The highest BCUT2D eigenvalue weighted by Gasteiger charge is 2.32. The van der Waals surface area contributed by atoms with E-state index in [1.54, 1.807) is 18.2 Å². The van der Waals surface area contributed by atoms with E-state index in [2.05, 4.69) is 17.3 Å². The molecule has 1 aromatic carbocycles. The summed E-state index contributed by atoms with van der Waals surface area (Å²) in [4.78, 5) is 13.3. The number of benzene rings is 1. The molecule has 1 aromatic heterocycles. The van der Waals surface area contributed by atoms with Crippen molar-refractivity contribution in [1.29, 1.82) is 5.26 Å². The number of nitrogens with zero attached hydrogens (tertiary/aromatic N) is 1. The Morgan fingerprint density at radius 1 is 1.23 bits per heavy atom. The van der Waals surface area contributed by atoms with Crippen LogP contribution >= 0.6 is 11.3 Å². The van der Waals surface area contributed by atoms with Crippen LogP contribution in [0.1, 0.15) is 52.9 Å². The predicted octanol–water partition coefficient (Wildman–Crippen LogP) is 4.26. The van der Waals surface area contributed by atoms with E-state index in [0.717, 1.165) is 37.7 Å². The first-order valence-electron chi connectivity index (χ1n) is 8.65. The molecule has 1 fully saturated rings. The van der Waals surface area contributed by atoms with Crippen LogP contribution in [0.15, 0.2) is 35.7 Å². The number of hydrogen-bond acceptors (Lipinski definition) is 4. The number of ether oxygens (including phenoxy) is 1. The Balaban J connectivity index is 1.66. The maximum absolute atomic E-state index is 12.7. The van der Waals surface area contributed by atoms with Gasteiger partial charge in [0.25, 0.3) is 5.91 Å². The van der Waals surface area contributed by atoms with Crippen molar-refractivity contribution in [2.75, 3.05) is 0 Å². The van der Waals surface area contributed by atoms with E-state index in [1.165, 1.54) is 11.3 Å². The third-order valence-corrected chi connectivity index (χ3v) is 5.54. The summed E-state index contributed by atoms with van der Waals surface area (Å²) in [5, 5.41) is 13.7. The summed E-state index contributed by atoms with van der Waals surface area (Å²) in [7, 11) is 0. The minimum atomic E-state index is -0.538. The quantitative estimate of drug-likeness (QED) is 0.806. The van der Waals surface area contributed by atoms with Gasteiger partial charge in [-0.3, -0.25) is 4.79 Å². The molecule has 0 atom stereocenters. The fraction of sp³-hybridized carbons (Fsp3) is 0.333. The van der Waals surface area contributed by atoms with E-state index in [1.807, 2.05) is 17.5 Å². The van der Waals surface area contributed by atoms with E-state index in [-0.39, 0.29) is 5.91 Å². The Labute approximate surface area is 157 Å². The first-order valence-corrected chi connectivity index (χ1v) is 9.53. The summed E-state index contributed by atoms with van der Waals surface area (Å²) in [5.41, 5.74) is 1.01. The number of rotatable bonds is 5. The van der Waals surface area contributed by atoms with Gasteiger partial charge in [0.05, 0.1) is 11.6 Å². The zero-order valence-corrected chi connectivity index (χ0v) is 15.3. The van der Waals surface area contributed by atoms with Gasteiger partial charge in [-0.1, -0.05) is 37.3 Å². The Hall–Kier alpha value is -2.76. The zero-order valence-electron chi connectivity index (χ0n) is 14.5. The Morgan fingerprint density at radius 3 is 2.62 bits per heavy atom. The monoisotopic (exact) mass is 364 g/mol. The zero-order chi connectivity index (χ0) is 18.4. The van der Waals surface area contributed by atoms with Crippen LogP contribution < -0.4 is 10.1 Å². The molecule has 3 rings (SSSR count). The van der Waals surface area contributed by atoms with Gasteiger partial charge >= 0.3 is 0 Å². The molecule has 2 aromatic rings. The Bertz CT molecular complexity index is 849. The second-order valence-electron chi connectivity index (χ2n) is 6.45. The molecule has 0 unspecified atom stereocenters. The van der Waals surface area contributed by atoms with Crippen molar-refractivity contribution in [1.82, 2.24) is 5.32 Å². The van der Waals surface area contributed by atoms with Crippen molar-refractivity contribution in [3.63, 3.8) is 0 Å². The molecule has 0 aliphatic heterocycles. The lowest BCUT2D eigenvalue weighted by molar-refractivity contribution is 0.0904. The summed E-state index contributed by atoms with van der Waals surface area (Å²) >= 11 is 1.35. The van der Waals surface area contributed by atoms with Gasteiger partial charge in [0.1, 0.15) is 22.8 Å². The summed E-state index contributed by atoms with van der Waals surface area (Å²) < 4.78 is 5.83. The van der Waals surface area contributed by atoms with Crippen molar-refractivity contribution >= 4 is 17.2 Å². The van der Waals surface area contributed by atoms with Crippen molar-refractivity contribution in [3.05, 3.63) is 51.7 Å². The molecule has 0 spiro atoms. The van der Waals surface area contributed by atoms with Gasteiger partial charge in [0, 0.05) is 0 Å². The first kappa shape index (κ1) is 18.0. The number of terminal acetylenes is 1. The normalized spacial score (nSPS) is 15.5. The van der Waals surface area contributed by atoms with Crippen molar-refractivity contribution < 1.29 is 9.53 Å². The van der Waals surface area contributed by atoms with Crippen LogP contribution in [0, 0.1) is 23.7 Å². The van der Waals surface area contributed by atoms with Crippen molar-refractivity contribution in [2.24, 2.45) is 0 Å². The summed E-state index contributed by atoms with van der Waals surface area (Å²) in [6.45, 7) is 0.336. The van der Waals surface area contributed by atoms with Crippen LogP contribution in [0.5, 0.6) is 5.75 Å². The number of nitrogens with one attached hydrogen (secondary N) is 1. The molecular formula is C21H20N2O2S. The molecule has 1 aliphatic carbocycles. The lowest BCUT2D eigenvalue weighted by atomic mass is 9.82. The fourth-order valence-electron chi connectivity index (χ4n) is 3.15. The minimum Gasteiger partial charge on any atom is -0.487 e. The van der Waals surface area contributed by atoms with E-state index >= 15 is 0 Å². The number of hydrogen-bond donors (Lipinski definition) is 1. The van der Waals surface area contributed by atoms with Gasteiger partial charge in [-0.15, -0.1) is 17.8 Å². The third kappa shape index (κ3) is 4.07. The topological polar surface area (TPSA) is 62.1 Å². The van der Waals surface area contributed by atoms with Crippen molar-refractivity contribution in [2.45, 2.75) is 44.2 Å². The van der Waals surface area contributed by atoms with Crippen LogP contribution in [0.3, 0.4) is 0 Å². The minimum absolute atomic E-state index is 0.172. The first-order chi connectivity index (χ1) is 12.7. The number of carbonyl (C=O) groups is 1. The molecular weight excluding hydrogens is 344 g/mol. The highest BCUT2D eigenvalue weighted by atomic mass is 32.1. The molecule has 5 heteroatoms. The summed E-state index contributed by atoms with van der Waals surface area (Å²) in [6, 6.07) is 11.1. The Kier molecular flexibility index (Phi) is 5.61. The van der Waals surface area contributed by atoms with Crippen LogP contribution in [-0.2, 0) is 6.61 Å². The van der Waals surface area contributed by atoms with Crippen LogP contribution in [0.2, 0.25) is 0 Å².